The molecule has 3 aliphatic heterocycles. The van der Waals surface area contributed by atoms with Crippen LogP contribution in [0.4, 0.5) is 0 Å². The molecule has 15 atom stereocenters. The predicted molar refractivity (Wildman–Crippen MR) is 267 cm³/mol. The molecule has 5 rings (SSSR count). The number of amides is 1. The number of hydrogen-bond acceptors (Lipinski definition) is 15. The lowest BCUT2D eigenvalue weighted by atomic mass is 9.72. The summed E-state index contributed by atoms with van der Waals surface area (Å²) in [5.41, 5.74) is 1.26. The third-order valence-corrected chi connectivity index (χ3v) is 15.7. The van der Waals surface area contributed by atoms with Crippen molar-refractivity contribution in [3.63, 3.8) is 0 Å². The van der Waals surface area contributed by atoms with Gasteiger partial charge in [-0.15, -0.1) is 10.2 Å². The molecule has 1 aromatic heterocycles. The minimum atomic E-state index is -2.46. The summed E-state index contributed by atoms with van der Waals surface area (Å²) < 4.78 is 18.1. The van der Waals surface area contributed by atoms with Crippen molar-refractivity contribution in [3.8, 4) is 0 Å². The SMILES string of the molecule is CO[C@H]1C(=O)[C@@H](C)C[C@H](C)/C=C/C=C/C=C(\C)[C@@H](CO)C[C@@H]2CCC[C@@H](C)[C@](O)(O2)C(=O)C(=O)N2CCCC[C@H]2C(=O)O[C@H]([C@H](C)CC2CC[C@H](C)[C@H](CO)C2)CC(=O)[C@H](C)/C=C(\C)[C@H]1O.c1nn[nH]n1. The Bertz CT molecular complexity index is 1970. The number of piperidine rings is 1. The molecule has 398 valence electrons. The largest absolute Gasteiger partial charge is 0.460 e. The van der Waals surface area contributed by atoms with Gasteiger partial charge in [0.15, 0.2) is 12.1 Å². The molecule has 1 unspecified atom stereocenters. The smallest absolute Gasteiger partial charge is 0.329 e. The number of nitrogens with one attached hydrogen (secondary N) is 1. The highest BCUT2D eigenvalue weighted by atomic mass is 16.6. The Balaban J connectivity index is 0.00000205. The second-order valence-corrected chi connectivity index (χ2v) is 21.2. The summed E-state index contributed by atoms with van der Waals surface area (Å²) in [5, 5.41) is 56.3. The number of carbonyl (C=O) groups excluding carboxylic acids is 5. The van der Waals surface area contributed by atoms with Gasteiger partial charge >= 0.3 is 5.97 Å². The number of allylic oxidation sites excluding steroid dienone is 6. The van der Waals surface area contributed by atoms with E-state index in [1.54, 1.807) is 26.8 Å². The van der Waals surface area contributed by atoms with Crippen LogP contribution >= 0.6 is 0 Å². The lowest BCUT2D eigenvalue weighted by molar-refractivity contribution is -0.241. The normalized spacial score (nSPS) is 37.9. The quantitative estimate of drug-likeness (QED) is 0.120. The number of esters is 1. The van der Waals surface area contributed by atoms with E-state index < -0.39 is 71.7 Å². The number of nitrogens with zero attached hydrogens (tertiary/aromatic N) is 4. The molecule has 71 heavy (non-hydrogen) atoms. The summed E-state index contributed by atoms with van der Waals surface area (Å²) in [6.45, 7) is 14.8. The van der Waals surface area contributed by atoms with Gasteiger partial charge in [-0.25, -0.2) is 4.79 Å². The summed E-state index contributed by atoms with van der Waals surface area (Å²) in [6.07, 6.45) is 15.3. The number of tetrazole rings is 1. The Morgan fingerprint density at radius 1 is 0.901 bits per heavy atom. The number of fused-ring (bicyclic) bond motifs is 3. The van der Waals surface area contributed by atoms with Crippen molar-refractivity contribution in [3.05, 3.63) is 53.9 Å². The molecule has 1 aliphatic carbocycles. The van der Waals surface area contributed by atoms with Crippen molar-refractivity contribution >= 4 is 29.2 Å². The molecule has 4 heterocycles. The fourth-order valence-corrected chi connectivity index (χ4v) is 10.8. The fourth-order valence-electron chi connectivity index (χ4n) is 10.8. The summed E-state index contributed by atoms with van der Waals surface area (Å²) >= 11 is 0. The van der Waals surface area contributed by atoms with Crippen LogP contribution in [0.25, 0.3) is 0 Å². The van der Waals surface area contributed by atoms with Crippen LogP contribution in [0.2, 0.25) is 0 Å². The molecule has 17 heteroatoms. The average molecular weight is 996 g/mol. The highest BCUT2D eigenvalue weighted by Gasteiger charge is 2.52. The Hall–Kier alpha value is -4.26. The monoisotopic (exact) mass is 996 g/mol. The van der Waals surface area contributed by atoms with E-state index in [0.29, 0.717) is 62.9 Å². The number of ketones is 3. The topological polar surface area (TPSA) is 252 Å². The number of cyclic esters (lactones) is 1. The van der Waals surface area contributed by atoms with Gasteiger partial charge < -0.3 is 39.5 Å². The molecule has 4 aliphatic rings. The van der Waals surface area contributed by atoms with Crippen LogP contribution in [-0.2, 0) is 38.2 Å². The van der Waals surface area contributed by atoms with E-state index >= 15 is 0 Å². The molecule has 2 saturated heterocycles. The molecule has 5 N–H and O–H groups in total. The summed E-state index contributed by atoms with van der Waals surface area (Å²) in [7, 11) is 1.38. The number of Topliss-reactive ketones (excluding diaryl/α,β-unsaturated/α-hetero) is 3. The van der Waals surface area contributed by atoms with E-state index in [9.17, 15) is 44.4 Å². The Labute approximate surface area is 421 Å². The molecule has 3 fully saturated rings. The van der Waals surface area contributed by atoms with Crippen LogP contribution < -0.4 is 0 Å². The predicted octanol–water partition coefficient (Wildman–Crippen LogP) is 6.23. The standard InChI is InChI=1S/C53H83NO12.CH2N4/c1-32-16-11-10-12-17-33(2)42(31-56)28-43-19-15-18-39(8)53(63,66-43)50(60)51(61)54-23-14-13-20-44(54)52(62)65-46(36(5)26-40-22-21-34(3)41(27-40)30-55)29-45(57)35(4)25-38(7)48(59)49(64-9)47(58)37(6)24-32;1-2-4-5-3-1/h10-12,16-17,25,32,34-37,39-44,46,48-49,55-56,59,63H,13-15,18-24,26-31H2,1-9H3;1H,(H,2,3,4,5)/b12-10+,16-11+,33-17+,38-25+;/t32-,34+,35-,36-,37+,39-,40?,41+,42-,43+,44+,46+,48-,49+,53+;/m1./s1. The number of rotatable bonds is 6. The number of aliphatic hydroxyl groups is 4. The second kappa shape index (κ2) is 28.8. The van der Waals surface area contributed by atoms with Crippen LogP contribution in [-0.4, -0.2) is 138 Å². The zero-order chi connectivity index (χ0) is 52.4. The number of carbonyl (C=O) groups is 5. The van der Waals surface area contributed by atoms with Crippen LogP contribution in [0.5, 0.6) is 0 Å². The molecular weight excluding hydrogens is 911 g/mol. The molecule has 1 saturated carbocycles. The Morgan fingerprint density at radius 3 is 2.30 bits per heavy atom. The van der Waals surface area contributed by atoms with Crippen LogP contribution in [0.15, 0.2) is 53.9 Å². The first kappa shape index (κ1) is 59.3. The number of aromatic nitrogens is 4. The second-order valence-electron chi connectivity index (χ2n) is 21.2. The fraction of sp³-hybridized carbons (Fsp3) is 0.741. The first-order valence-corrected chi connectivity index (χ1v) is 26.1. The van der Waals surface area contributed by atoms with Gasteiger partial charge in [0.2, 0.25) is 5.79 Å². The maximum absolute atomic E-state index is 14.4. The van der Waals surface area contributed by atoms with Crippen LogP contribution in [0.3, 0.4) is 0 Å². The van der Waals surface area contributed by atoms with Crippen LogP contribution in [0.1, 0.15) is 139 Å². The maximum atomic E-state index is 14.4. The zero-order valence-electron chi connectivity index (χ0n) is 43.8. The van der Waals surface area contributed by atoms with Crippen molar-refractivity contribution in [2.45, 2.75) is 175 Å². The Morgan fingerprint density at radius 2 is 1.65 bits per heavy atom. The highest BCUT2D eigenvalue weighted by molar-refractivity contribution is 6.39. The van der Waals surface area contributed by atoms with E-state index in [0.717, 1.165) is 24.8 Å². The van der Waals surface area contributed by atoms with E-state index in [2.05, 4.69) is 27.5 Å². The van der Waals surface area contributed by atoms with E-state index in [1.807, 2.05) is 58.1 Å². The van der Waals surface area contributed by atoms with Gasteiger partial charge in [-0.2, -0.15) is 5.21 Å². The third-order valence-electron chi connectivity index (χ3n) is 15.7. The highest BCUT2D eigenvalue weighted by Crippen LogP contribution is 2.39. The summed E-state index contributed by atoms with van der Waals surface area (Å²) in [5.74, 6) is -7.64. The van der Waals surface area contributed by atoms with Crippen molar-refractivity contribution in [1.82, 2.24) is 25.5 Å². The molecule has 17 nitrogen and oxygen atoms in total. The van der Waals surface area contributed by atoms with Gasteiger partial charge in [-0.05, 0) is 107 Å². The zero-order valence-corrected chi connectivity index (χ0v) is 43.8. The van der Waals surface area contributed by atoms with Gasteiger partial charge in [0.1, 0.15) is 30.1 Å². The number of ether oxygens (including phenoxy) is 3. The number of aliphatic hydroxyl groups excluding tert-OH is 3. The first-order chi connectivity index (χ1) is 33.7. The molecule has 0 spiro atoms. The van der Waals surface area contributed by atoms with E-state index in [-0.39, 0.29) is 73.8 Å². The molecule has 1 aromatic rings. The molecule has 1 amide bonds. The number of methoxy groups -OCH3 is 1. The van der Waals surface area contributed by atoms with E-state index in [4.69, 9.17) is 14.2 Å². The maximum Gasteiger partial charge on any atom is 0.329 e. The minimum absolute atomic E-state index is 0.00919. The van der Waals surface area contributed by atoms with Crippen molar-refractivity contribution in [2.75, 3.05) is 26.9 Å². The number of H-pyrrole nitrogens is 1. The lowest BCUT2D eigenvalue weighted by Gasteiger charge is -2.39. The van der Waals surface area contributed by atoms with Gasteiger partial charge in [0.25, 0.3) is 11.7 Å². The van der Waals surface area contributed by atoms with Gasteiger partial charge in [0.05, 0.1) is 6.10 Å². The van der Waals surface area contributed by atoms with Gasteiger partial charge in [0, 0.05) is 57.0 Å². The minimum Gasteiger partial charge on any atom is -0.460 e. The molecule has 0 radical (unpaired) electrons. The summed E-state index contributed by atoms with van der Waals surface area (Å²) in [6, 6.07) is -1.14. The molecular formula is C54H85N5O12. The third kappa shape index (κ3) is 16.9. The van der Waals surface area contributed by atoms with Crippen molar-refractivity contribution in [2.24, 2.45) is 53.3 Å². The van der Waals surface area contributed by atoms with Crippen molar-refractivity contribution < 1.29 is 58.6 Å². The first-order valence-electron chi connectivity index (χ1n) is 26.1. The van der Waals surface area contributed by atoms with Crippen molar-refractivity contribution in [1.29, 1.82) is 0 Å². The van der Waals surface area contributed by atoms with Gasteiger partial charge in [-0.3, -0.25) is 19.2 Å². The summed E-state index contributed by atoms with van der Waals surface area (Å²) in [4.78, 5) is 72.2. The van der Waals surface area contributed by atoms with E-state index in [1.165, 1.54) is 18.3 Å². The average Bonchev–Trinajstić information content (AvgIpc) is 3.91. The number of hydrogen-bond donors (Lipinski definition) is 5. The Kier molecular flexibility index (Phi) is 24.1. The lowest BCUT2D eigenvalue weighted by Crippen LogP contribution is -2.59. The van der Waals surface area contributed by atoms with Gasteiger partial charge in [-0.1, -0.05) is 108 Å². The van der Waals surface area contributed by atoms with Crippen LogP contribution in [0, 0.1) is 53.3 Å². The molecule has 0 aromatic carbocycles. The molecule has 2 bridgehead atoms. The number of aromatic amines is 1.